The average molecular weight is 313 g/mol. The van der Waals surface area contributed by atoms with Crippen LogP contribution in [0.15, 0.2) is 24.3 Å². The van der Waals surface area contributed by atoms with Crippen molar-refractivity contribution in [1.82, 2.24) is 5.32 Å². The van der Waals surface area contributed by atoms with Crippen LogP contribution >= 0.6 is 0 Å². The van der Waals surface area contributed by atoms with Crippen molar-refractivity contribution in [3.05, 3.63) is 24.3 Å². The molecule has 0 atom stereocenters. The number of amides is 1. The zero-order chi connectivity index (χ0) is 17.1. The smallest absolute Gasteiger partial charge is 0.407 e. The maximum atomic E-state index is 11.4. The van der Waals surface area contributed by atoms with Crippen LogP contribution < -0.4 is 5.32 Å². The molecule has 0 radical (unpaired) electrons. The van der Waals surface area contributed by atoms with E-state index in [1.165, 1.54) is 6.92 Å². The molecule has 0 bridgehead atoms. The van der Waals surface area contributed by atoms with E-state index in [0.717, 1.165) is 0 Å². The average Bonchev–Trinajstić information content (AvgIpc) is 2.46. The number of hydrogen-bond acceptors (Lipinski definition) is 6. The van der Waals surface area contributed by atoms with Gasteiger partial charge in [0.1, 0.15) is 19.8 Å². The van der Waals surface area contributed by atoms with E-state index in [2.05, 4.69) is 18.5 Å². The van der Waals surface area contributed by atoms with Gasteiger partial charge < -0.3 is 19.5 Å². The fourth-order valence-corrected chi connectivity index (χ4v) is 1.07. The van der Waals surface area contributed by atoms with Crippen LogP contribution in [0, 0.1) is 5.92 Å². The summed E-state index contributed by atoms with van der Waals surface area (Å²) in [5.74, 6) is -1.03. The molecule has 0 aliphatic rings. The third-order valence-electron chi connectivity index (χ3n) is 2.46. The molecule has 0 unspecified atom stereocenters. The highest BCUT2D eigenvalue weighted by Crippen LogP contribution is 2.07. The molecule has 0 spiro atoms. The molecular formula is C15H23NO6. The fourth-order valence-electron chi connectivity index (χ4n) is 1.07. The molecule has 0 fully saturated rings. The number of rotatable bonds is 9. The van der Waals surface area contributed by atoms with Crippen LogP contribution in [0.1, 0.15) is 20.8 Å². The first-order chi connectivity index (χ1) is 10.3. The molecular weight excluding hydrogens is 290 g/mol. The van der Waals surface area contributed by atoms with Gasteiger partial charge in [0.2, 0.25) is 0 Å². The third-order valence-corrected chi connectivity index (χ3v) is 2.46. The maximum Gasteiger partial charge on any atom is 0.407 e. The summed E-state index contributed by atoms with van der Waals surface area (Å²) < 4.78 is 14.4. The number of ether oxygens (including phenoxy) is 3. The van der Waals surface area contributed by atoms with E-state index < -0.39 is 18.0 Å². The Morgan fingerprint density at radius 1 is 0.955 bits per heavy atom. The monoisotopic (exact) mass is 313 g/mol. The lowest BCUT2D eigenvalue weighted by atomic mass is 10.1. The molecule has 0 aromatic heterocycles. The van der Waals surface area contributed by atoms with Crippen LogP contribution in [0.5, 0.6) is 0 Å². The van der Waals surface area contributed by atoms with Gasteiger partial charge in [0.25, 0.3) is 0 Å². The van der Waals surface area contributed by atoms with Crippen LogP contribution in [0.25, 0.3) is 0 Å². The van der Waals surface area contributed by atoms with Gasteiger partial charge in [-0.05, 0) is 12.8 Å². The molecule has 1 N–H and O–H groups in total. The Morgan fingerprint density at radius 2 is 1.50 bits per heavy atom. The van der Waals surface area contributed by atoms with Crippen molar-refractivity contribution >= 4 is 18.0 Å². The van der Waals surface area contributed by atoms with Crippen LogP contribution in [0.2, 0.25) is 0 Å². The predicted molar refractivity (Wildman–Crippen MR) is 80.1 cm³/mol. The van der Waals surface area contributed by atoms with Gasteiger partial charge in [0.15, 0.2) is 0 Å². The summed E-state index contributed by atoms with van der Waals surface area (Å²) in [7, 11) is 0. The Kier molecular flexibility index (Phi) is 9.33. The van der Waals surface area contributed by atoms with Crippen molar-refractivity contribution in [1.29, 1.82) is 0 Å². The van der Waals surface area contributed by atoms with Gasteiger partial charge in [0.05, 0.1) is 6.54 Å². The van der Waals surface area contributed by atoms with Gasteiger partial charge in [-0.2, -0.15) is 0 Å². The van der Waals surface area contributed by atoms with Crippen LogP contribution in [-0.4, -0.2) is 44.4 Å². The second kappa shape index (κ2) is 10.4. The van der Waals surface area contributed by atoms with Crippen molar-refractivity contribution in [2.75, 3.05) is 26.4 Å². The zero-order valence-electron chi connectivity index (χ0n) is 13.3. The summed E-state index contributed by atoms with van der Waals surface area (Å²) in [6.07, 6.45) is -0.690. The quantitative estimate of drug-likeness (QED) is 0.301. The van der Waals surface area contributed by atoms with E-state index in [4.69, 9.17) is 14.2 Å². The number of hydrogen-bond donors (Lipinski definition) is 1. The van der Waals surface area contributed by atoms with E-state index in [9.17, 15) is 14.4 Å². The summed E-state index contributed by atoms with van der Waals surface area (Å²) >= 11 is 0. The lowest BCUT2D eigenvalue weighted by Crippen LogP contribution is -2.29. The Hall–Kier alpha value is -2.31. The number of carbonyl (C=O) groups is 3. The van der Waals surface area contributed by atoms with Crippen molar-refractivity contribution in [3.63, 3.8) is 0 Å². The predicted octanol–water partition coefficient (Wildman–Crippen LogP) is 1.59. The van der Waals surface area contributed by atoms with Crippen LogP contribution in [-0.2, 0) is 23.8 Å². The molecule has 0 aliphatic carbocycles. The summed E-state index contributed by atoms with van der Waals surface area (Å²) in [6, 6.07) is 0. The van der Waals surface area contributed by atoms with E-state index in [1.54, 1.807) is 0 Å². The third kappa shape index (κ3) is 8.78. The second-order valence-electron chi connectivity index (χ2n) is 4.79. The molecule has 0 saturated carbocycles. The van der Waals surface area contributed by atoms with Gasteiger partial charge >= 0.3 is 18.0 Å². The van der Waals surface area contributed by atoms with Crippen molar-refractivity contribution < 1.29 is 28.6 Å². The summed E-state index contributed by atoms with van der Waals surface area (Å²) in [5, 5.41) is 2.38. The molecule has 7 heteroatoms. The summed E-state index contributed by atoms with van der Waals surface area (Å²) in [5.41, 5.74) is 0.649. The van der Waals surface area contributed by atoms with Gasteiger partial charge in [-0.15, -0.1) is 0 Å². The van der Waals surface area contributed by atoms with Crippen molar-refractivity contribution in [2.45, 2.75) is 20.8 Å². The molecule has 0 aromatic rings. The molecule has 22 heavy (non-hydrogen) atoms. The van der Waals surface area contributed by atoms with Crippen LogP contribution in [0.4, 0.5) is 4.79 Å². The van der Waals surface area contributed by atoms with Gasteiger partial charge in [-0.3, -0.25) is 0 Å². The second-order valence-corrected chi connectivity index (χ2v) is 4.79. The normalized spacial score (nSPS) is 9.82. The van der Waals surface area contributed by atoms with Gasteiger partial charge in [-0.1, -0.05) is 27.0 Å². The highest BCUT2D eigenvalue weighted by molar-refractivity contribution is 5.88. The Labute approximate surface area is 130 Å². The molecule has 7 nitrogen and oxygen atoms in total. The summed E-state index contributed by atoms with van der Waals surface area (Å²) in [6.45, 7) is 12.2. The minimum absolute atomic E-state index is 0.00127. The summed E-state index contributed by atoms with van der Waals surface area (Å²) in [4.78, 5) is 33.7. The molecule has 0 aromatic carbocycles. The topological polar surface area (TPSA) is 90.9 Å². The highest BCUT2D eigenvalue weighted by atomic mass is 16.6. The minimum atomic E-state index is -0.690. The van der Waals surface area contributed by atoms with E-state index in [-0.39, 0.29) is 37.9 Å². The Bertz CT molecular complexity index is 441. The first kappa shape index (κ1) is 19.7. The minimum Gasteiger partial charge on any atom is -0.460 e. The highest BCUT2D eigenvalue weighted by Gasteiger charge is 2.12. The van der Waals surface area contributed by atoms with Crippen LogP contribution in [0.3, 0.4) is 0 Å². The lowest BCUT2D eigenvalue weighted by molar-refractivity contribution is -0.140. The molecule has 0 heterocycles. The molecule has 0 aliphatic heterocycles. The Balaban J connectivity index is 3.66. The lowest BCUT2D eigenvalue weighted by Gasteiger charge is -2.10. The molecule has 0 saturated heterocycles. The van der Waals surface area contributed by atoms with Crippen molar-refractivity contribution in [2.24, 2.45) is 5.92 Å². The SMILES string of the molecule is C=C(C)C(=O)OCCNC(=O)OCCOC(=O)C(=C)C(C)C. The fraction of sp³-hybridized carbons (Fsp3) is 0.533. The Morgan fingerprint density at radius 3 is 2.05 bits per heavy atom. The van der Waals surface area contributed by atoms with Gasteiger partial charge in [-0.25, -0.2) is 14.4 Å². The van der Waals surface area contributed by atoms with E-state index >= 15 is 0 Å². The maximum absolute atomic E-state index is 11.4. The number of esters is 2. The molecule has 124 valence electrons. The zero-order valence-corrected chi connectivity index (χ0v) is 13.3. The van der Waals surface area contributed by atoms with E-state index in [1.807, 2.05) is 13.8 Å². The van der Waals surface area contributed by atoms with E-state index in [0.29, 0.717) is 5.57 Å². The molecule has 0 rings (SSSR count). The first-order valence-corrected chi connectivity index (χ1v) is 6.84. The standard InChI is InChI=1S/C15H23NO6/c1-10(2)12(5)14(18)21-8-9-22-15(19)16-6-7-20-13(17)11(3)4/h10H,3,5-9H2,1-2,4H3,(H,16,19). The van der Waals surface area contributed by atoms with Gasteiger partial charge in [0, 0.05) is 11.1 Å². The largest absolute Gasteiger partial charge is 0.460 e. The first-order valence-electron chi connectivity index (χ1n) is 6.84. The number of alkyl carbamates (subject to hydrolysis) is 1. The number of carbonyl (C=O) groups excluding carboxylic acids is 3. The number of nitrogens with one attached hydrogen (secondary N) is 1. The van der Waals surface area contributed by atoms with Crippen molar-refractivity contribution in [3.8, 4) is 0 Å². The molecule has 1 amide bonds.